The highest BCUT2D eigenvalue weighted by atomic mass is 14.6. The molecule has 0 saturated carbocycles. The largest absolute Gasteiger partial charge is 0.200 e. The van der Waals surface area contributed by atoms with E-state index in [0.29, 0.717) is 0 Å². The fraction of sp³-hybridized carbons (Fsp3) is 0.385. The number of hydrogen-bond acceptors (Lipinski definition) is 4. The predicted molar refractivity (Wildman–Crippen MR) is 59.4 cm³/mol. The van der Waals surface area contributed by atoms with Crippen LogP contribution in [0.3, 0.4) is 0 Å². The maximum absolute atomic E-state index is 9.26. The van der Waals surface area contributed by atoms with Crippen molar-refractivity contribution in [2.24, 2.45) is 10.8 Å². The molecule has 0 radical (unpaired) electrons. The van der Waals surface area contributed by atoms with Gasteiger partial charge in [0.25, 0.3) is 0 Å². The Morgan fingerprint density at radius 3 is 1.82 bits per heavy atom. The van der Waals surface area contributed by atoms with Crippen LogP contribution in [-0.4, -0.2) is 0 Å². The summed E-state index contributed by atoms with van der Waals surface area (Å²) in [5, 5.41) is 37.0. The molecule has 17 heavy (non-hydrogen) atoms. The van der Waals surface area contributed by atoms with Crippen LogP contribution in [0.1, 0.15) is 20.3 Å². The second-order valence-corrected chi connectivity index (χ2v) is 4.16. The van der Waals surface area contributed by atoms with E-state index in [2.05, 4.69) is 6.58 Å². The molecule has 4 nitrogen and oxygen atoms in total. The summed E-state index contributed by atoms with van der Waals surface area (Å²) in [6.07, 6.45) is 0.103. The molecular weight excluding hydrogens is 212 g/mol. The molecule has 0 aromatic heterocycles. The number of allylic oxidation sites excluding steroid dienone is 3. The lowest BCUT2D eigenvalue weighted by Crippen LogP contribution is -2.43. The minimum Gasteiger partial charge on any atom is -0.196 e. The van der Waals surface area contributed by atoms with Crippen molar-refractivity contribution in [1.82, 2.24) is 0 Å². The van der Waals surface area contributed by atoms with Crippen LogP contribution in [0, 0.1) is 56.2 Å². The second kappa shape index (κ2) is 3.79. The summed E-state index contributed by atoms with van der Waals surface area (Å²) < 4.78 is 0. The van der Waals surface area contributed by atoms with Crippen molar-refractivity contribution in [3.05, 3.63) is 23.3 Å². The first-order valence-electron chi connectivity index (χ1n) is 4.96. The normalized spacial score (nSPS) is 20.7. The third kappa shape index (κ3) is 1.25. The number of rotatable bonds is 0. The van der Waals surface area contributed by atoms with Gasteiger partial charge in [0, 0.05) is 6.42 Å². The predicted octanol–water partition coefficient (Wildman–Crippen LogP) is 2.35. The van der Waals surface area contributed by atoms with E-state index in [1.54, 1.807) is 13.8 Å². The average Bonchev–Trinajstić information content (AvgIpc) is 2.36. The van der Waals surface area contributed by atoms with Crippen LogP contribution in [0.2, 0.25) is 0 Å². The highest BCUT2D eigenvalue weighted by Crippen LogP contribution is 2.53. The fourth-order valence-electron chi connectivity index (χ4n) is 2.08. The Kier molecular flexibility index (Phi) is 2.79. The van der Waals surface area contributed by atoms with E-state index in [1.807, 2.05) is 24.3 Å². The van der Waals surface area contributed by atoms with Crippen molar-refractivity contribution in [3.8, 4) is 24.3 Å². The molecule has 1 aliphatic carbocycles. The summed E-state index contributed by atoms with van der Waals surface area (Å²) in [5.41, 5.74) is -1.64. The zero-order valence-electron chi connectivity index (χ0n) is 9.70. The van der Waals surface area contributed by atoms with Gasteiger partial charge in [-0.3, -0.25) is 0 Å². The Morgan fingerprint density at radius 2 is 1.47 bits per heavy atom. The minimum atomic E-state index is -1.78. The zero-order valence-corrected chi connectivity index (χ0v) is 9.70. The molecule has 0 aliphatic heterocycles. The van der Waals surface area contributed by atoms with E-state index >= 15 is 0 Å². The van der Waals surface area contributed by atoms with Gasteiger partial charge >= 0.3 is 0 Å². The minimum absolute atomic E-state index is 0.103. The van der Waals surface area contributed by atoms with E-state index in [9.17, 15) is 21.0 Å². The molecule has 0 amide bonds. The lowest BCUT2D eigenvalue weighted by atomic mass is 9.55. The third-order valence-electron chi connectivity index (χ3n) is 3.43. The van der Waals surface area contributed by atoms with E-state index in [0.717, 1.165) is 11.1 Å². The molecule has 0 aromatic rings. The van der Waals surface area contributed by atoms with Gasteiger partial charge in [-0.1, -0.05) is 12.2 Å². The highest BCUT2D eigenvalue weighted by Gasteiger charge is 2.59. The van der Waals surface area contributed by atoms with E-state index in [4.69, 9.17) is 0 Å². The van der Waals surface area contributed by atoms with Crippen LogP contribution >= 0.6 is 0 Å². The first kappa shape index (κ1) is 12.5. The summed E-state index contributed by atoms with van der Waals surface area (Å²) in [4.78, 5) is 0. The van der Waals surface area contributed by atoms with E-state index in [1.165, 1.54) is 0 Å². The summed E-state index contributed by atoms with van der Waals surface area (Å²) in [7, 11) is 0. The van der Waals surface area contributed by atoms with Gasteiger partial charge in [-0.05, 0) is 25.0 Å². The molecule has 0 unspecified atom stereocenters. The summed E-state index contributed by atoms with van der Waals surface area (Å²) in [6.45, 7) is 7.26. The molecule has 0 N–H and O–H groups in total. The molecule has 0 bridgehead atoms. The van der Waals surface area contributed by atoms with Gasteiger partial charge < -0.3 is 0 Å². The van der Waals surface area contributed by atoms with Gasteiger partial charge in [0.2, 0.25) is 0 Å². The third-order valence-corrected chi connectivity index (χ3v) is 3.43. The van der Waals surface area contributed by atoms with Crippen LogP contribution in [-0.2, 0) is 0 Å². The Morgan fingerprint density at radius 1 is 1.00 bits per heavy atom. The molecule has 1 rings (SSSR count). The first-order valence-corrected chi connectivity index (χ1v) is 4.96. The van der Waals surface area contributed by atoms with Crippen LogP contribution in [0.25, 0.3) is 0 Å². The molecule has 0 aromatic carbocycles. The molecule has 0 heterocycles. The molecule has 0 saturated heterocycles. The van der Waals surface area contributed by atoms with E-state index < -0.39 is 10.8 Å². The van der Waals surface area contributed by atoms with E-state index in [-0.39, 0.29) is 12.0 Å². The lowest BCUT2D eigenvalue weighted by molar-refractivity contribution is 0.333. The Balaban J connectivity index is 3.75. The summed E-state index contributed by atoms with van der Waals surface area (Å²) in [6, 6.07) is 7.32. The van der Waals surface area contributed by atoms with Crippen molar-refractivity contribution >= 4 is 0 Å². The average molecular weight is 222 g/mol. The van der Waals surface area contributed by atoms with Crippen molar-refractivity contribution in [1.29, 1.82) is 21.0 Å². The van der Waals surface area contributed by atoms with Crippen LogP contribution < -0.4 is 0 Å². The fourth-order valence-corrected chi connectivity index (χ4v) is 2.08. The number of hydrogen-bond donors (Lipinski definition) is 0. The quantitative estimate of drug-likeness (QED) is 0.628. The number of nitrogens with zero attached hydrogens (tertiary/aromatic N) is 4. The molecule has 4 heteroatoms. The zero-order chi connectivity index (χ0) is 13.3. The van der Waals surface area contributed by atoms with Crippen molar-refractivity contribution < 1.29 is 0 Å². The van der Waals surface area contributed by atoms with Gasteiger partial charge in [0.1, 0.15) is 0 Å². The molecule has 0 atom stereocenters. The van der Waals surface area contributed by atoms with Crippen LogP contribution in [0.5, 0.6) is 0 Å². The first-order chi connectivity index (χ1) is 7.94. The smallest absolute Gasteiger partial charge is 0.196 e. The lowest BCUT2D eigenvalue weighted by Gasteiger charge is -2.38. The molecule has 82 valence electrons. The maximum atomic E-state index is 9.26. The highest BCUT2D eigenvalue weighted by molar-refractivity contribution is 5.56. The maximum Gasteiger partial charge on any atom is 0.200 e. The molecule has 0 fully saturated rings. The Labute approximate surface area is 100 Å². The molecule has 1 aliphatic rings. The van der Waals surface area contributed by atoms with Crippen molar-refractivity contribution in [2.75, 3.05) is 0 Å². The molecular formula is C13H10N4. The summed E-state index contributed by atoms with van der Waals surface area (Å²) in [5.74, 6) is 0. The molecule has 0 spiro atoms. The topological polar surface area (TPSA) is 95.2 Å². The summed E-state index contributed by atoms with van der Waals surface area (Å²) >= 11 is 0. The van der Waals surface area contributed by atoms with Crippen molar-refractivity contribution in [3.63, 3.8) is 0 Å². The van der Waals surface area contributed by atoms with Gasteiger partial charge in [-0.25, -0.2) is 0 Å². The van der Waals surface area contributed by atoms with Crippen LogP contribution in [0.4, 0.5) is 0 Å². The van der Waals surface area contributed by atoms with Crippen LogP contribution in [0.15, 0.2) is 23.3 Å². The van der Waals surface area contributed by atoms with Crippen molar-refractivity contribution in [2.45, 2.75) is 20.3 Å². The standard InChI is InChI=1S/C13H10N4/c1-9-4-12(5-14,6-15)13(7-16,8-17)11(3)10(9)2/h3-4H2,1-2H3. The van der Waals surface area contributed by atoms with Gasteiger partial charge in [0.15, 0.2) is 10.8 Å². The van der Waals surface area contributed by atoms with Gasteiger partial charge in [0.05, 0.1) is 24.3 Å². The van der Waals surface area contributed by atoms with Gasteiger partial charge in [-0.15, -0.1) is 0 Å². The Hall–Kier alpha value is -2.56. The van der Waals surface area contributed by atoms with Gasteiger partial charge in [-0.2, -0.15) is 21.0 Å². The second-order valence-electron chi connectivity index (χ2n) is 4.16. The SMILES string of the molecule is C=C1C(C)=C(C)CC(C#N)(C#N)C1(C#N)C#N. The monoisotopic (exact) mass is 222 g/mol. The Bertz CT molecular complexity index is 553. The number of nitriles is 4.